The molecule has 0 saturated carbocycles. The van der Waals surface area contributed by atoms with E-state index in [0.717, 1.165) is 32.9 Å². The minimum absolute atomic E-state index is 0.0267. The molecule has 0 spiro atoms. The molecule has 2 atom stereocenters. The van der Waals surface area contributed by atoms with Crippen LogP contribution in [0.15, 0.2) is 107 Å². The molecule has 3 aromatic carbocycles. The van der Waals surface area contributed by atoms with Crippen LogP contribution in [-0.4, -0.2) is 50.6 Å². The van der Waals surface area contributed by atoms with Crippen LogP contribution >= 0.6 is 34.5 Å². The van der Waals surface area contributed by atoms with Crippen molar-refractivity contribution >= 4 is 63.2 Å². The Hall–Kier alpha value is -4.71. The monoisotopic (exact) mass is 661 g/mol. The molecular formula is C32H25Cl2N5O5S. The number of oxime groups is 1. The van der Waals surface area contributed by atoms with Crippen LogP contribution in [0.3, 0.4) is 0 Å². The minimum Gasteiger partial charge on any atom is -0.477 e. The van der Waals surface area contributed by atoms with Gasteiger partial charge in [0, 0.05) is 21.7 Å². The normalized spacial score (nSPS) is 18.2. The first kappa shape index (κ1) is 30.3. The lowest BCUT2D eigenvalue weighted by molar-refractivity contribution is -0.155. The van der Waals surface area contributed by atoms with Crippen LogP contribution in [0.5, 0.6) is 0 Å². The molecule has 2 aliphatic rings. The smallest absolute Gasteiger partial charge is 0.353 e. The molecule has 0 aliphatic carbocycles. The molecule has 4 N–H and O–H groups in total. The maximum absolute atomic E-state index is 14.0. The maximum Gasteiger partial charge on any atom is 0.353 e. The van der Waals surface area contributed by atoms with Crippen LogP contribution in [0.25, 0.3) is 0 Å². The first-order valence-corrected chi connectivity index (χ1v) is 15.4. The number of rotatable bonds is 9. The molecule has 45 heavy (non-hydrogen) atoms. The number of amides is 2. The zero-order valence-electron chi connectivity index (χ0n) is 23.4. The van der Waals surface area contributed by atoms with E-state index in [0.29, 0.717) is 6.42 Å². The first-order chi connectivity index (χ1) is 21.7. The summed E-state index contributed by atoms with van der Waals surface area (Å²) in [6.45, 7) is 0. The number of hydrogen-bond donors (Lipinski definition) is 3. The lowest BCUT2D eigenvalue weighted by Crippen LogP contribution is -2.72. The van der Waals surface area contributed by atoms with Gasteiger partial charge in [-0.25, -0.2) is 9.78 Å². The number of fused-ring (bicyclic) bond motifs is 1. The maximum atomic E-state index is 14.0. The van der Waals surface area contributed by atoms with Gasteiger partial charge in [0.2, 0.25) is 5.60 Å². The van der Waals surface area contributed by atoms with Crippen LogP contribution in [0, 0.1) is 0 Å². The number of hydrogen-bond acceptors (Lipinski definition) is 8. The number of carbonyl (C=O) groups is 3. The molecule has 228 valence electrons. The molecular weight excluding hydrogens is 637 g/mol. The second kappa shape index (κ2) is 12.4. The van der Waals surface area contributed by atoms with Crippen molar-refractivity contribution < 1.29 is 24.3 Å². The fourth-order valence-corrected chi connectivity index (χ4v) is 6.88. The second-order valence-corrected chi connectivity index (χ2v) is 12.4. The average molecular weight is 663 g/mol. The number of anilines is 1. The van der Waals surface area contributed by atoms with Crippen molar-refractivity contribution in [3.63, 3.8) is 0 Å². The number of nitrogens with two attached hydrogens (primary N) is 1. The van der Waals surface area contributed by atoms with E-state index in [9.17, 15) is 19.5 Å². The van der Waals surface area contributed by atoms with E-state index < -0.39 is 35.5 Å². The molecule has 3 heterocycles. The number of aliphatic carboxylic acids is 1. The molecule has 2 aliphatic heterocycles. The van der Waals surface area contributed by atoms with Gasteiger partial charge in [-0.05, 0) is 12.8 Å². The van der Waals surface area contributed by atoms with Crippen molar-refractivity contribution in [1.82, 2.24) is 15.2 Å². The lowest BCUT2D eigenvalue weighted by Gasteiger charge is -2.49. The Bertz CT molecular complexity index is 1740. The highest BCUT2D eigenvalue weighted by Gasteiger charge is 2.53. The van der Waals surface area contributed by atoms with Crippen LogP contribution in [-0.2, 0) is 24.8 Å². The fourth-order valence-electron chi connectivity index (χ4n) is 5.67. The van der Waals surface area contributed by atoms with Gasteiger partial charge in [0.1, 0.15) is 21.8 Å². The number of carboxylic acids is 1. The Morgan fingerprint density at radius 3 is 1.98 bits per heavy atom. The molecule has 2 unspecified atom stereocenters. The molecule has 0 radical (unpaired) electrons. The third-order valence-electron chi connectivity index (χ3n) is 7.72. The number of benzene rings is 3. The number of nitrogens with zero attached hydrogens (tertiary/aromatic N) is 3. The molecule has 1 aromatic heterocycles. The summed E-state index contributed by atoms with van der Waals surface area (Å²) in [5, 5.41) is 16.9. The Morgan fingerprint density at radius 2 is 1.51 bits per heavy atom. The van der Waals surface area contributed by atoms with Crippen LogP contribution in [0.4, 0.5) is 5.13 Å². The van der Waals surface area contributed by atoms with E-state index >= 15 is 0 Å². The van der Waals surface area contributed by atoms with E-state index in [1.807, 2.05) is 91.0 Å². The second-order valence-electron chi connectivity index (χ2n) is 10.3. The minimum atomic E-state index is -1.33. The summed E-state index contributed by atoms with van der Waals surface area (Å²) < 4.78 is 0.0943. The molecule has 13 heteroatoms. The molecule has 1 saturated heterocycles. The Morgan fingerprint density at radius 1 is 0.978 bits per heavy atom. The number of aromatic nitrogens is 1. The molecule has 2 amide bonds. The predicted molar refractivity (Wildman–Crippen MR) is 171 cm³/mol. The topological polar surface area (TPSA) is 147 Å². The van der Waals surface area contributed by atoms with Gasteiger partial charge in [0.25, 0.3) is 11.8 Å². The van der Waals surface area contributed by atoms with Crippen molar-refractivity contribution in [3.05, 3.63) is 128 Å². The third-order valence-corrected chi connectivity index (χ3v) is 9.17. The average Bonchev–Trinajstić information content (AvgIpc) is 3.39. The van der Waals surface area contributed by atoms with Gasteiger partial charge in [-0.2, -0.15) is 0 Å². The lowest BCUT2D eigenvalue weighted by atomic mass is 9.80. The number of β-lactam (4-membered cyclic amide) rings is 1. The van der Waals surface area contributed by atoms with Gasteiger partial charge in [-0.3, -0.25) is 14.5 Å². The summed E-state index contributed by atoms with van der Waals surface area (Å²) in [6.07, 6.45) is 0.606. The summed E-state index contributed by atoms with van der Waals surface area (Å²) >= 11 is 13.6. The molecule has 10 nitrogen and oxygen atoms in total. The molecule has 4 aromatic rings. The van der Waals surface area contributed by atoms with Gasteiger partial charge in [-0.15, -0.1) is 0 Å². The zero-order valence-corrected chi connectivity index (χ0v) is 25.7. The van der Waals surface area contributed by atoms with E-state index in [-0.39, 0.29) is 38.0 Å². The summed E-state index contributed by atoms with van der Waals surface area (Å²) in [4.78, 5) is 50.7. The van der Waals surface area contributed by atoms with E-state index in [4.69, 9.17) is 33.8 Å². The van der Waals surface area contributed by atoms with Crippen molar-refractivity contribution in [2.45, 2.75) is 30.5 Å². The van der Waals surface area contributed by atoms with E-state index in [1.165, 1.54) is 0 Å². The van der Waals surface area contributed by atoms with Crippen LogP contribution < -0.4 is 11.1 Å². The van der Waals surface area contributed by atoms with Crippen LogP contribution in [0.1, 0.15) is 35.2 Å². The number of nitrogen functional groups attached to an aromatic ring is 1. The summed E-state index contributed by atoms with van der Waals surface area (Å²) in [7, 11) is 0. The molecule has 6 rings (SSSR count). The standard InChI is InChI=1S/C32H25Cl2N5O5S/c33-21-16-17-22-23(29(41)39(22)26(21)30(42)43)36-28(40)25(24-27(34)45-31(35)37-24)38-44-32(18-10-4-1-5-11-18,19-12-6-2-7-13-19)20-14-8-3-9-15-20/h1-15,22-23H,16-17H2,(H2,35,37)(H,36,40)(H,42,43)/b38-25+. The van der Waals surface area contributed by atoms with E-state index in [1.54, 1.807) is 0 Å². The quantitative estimate of drug-likeness (QED) is 0.0977. The highest BCUT2D eigenvalue weighted by molar-refractivity contribution is 7.19. The van der Waals surface area contributed by atoms with Gasteiger partial charge < -0.3 is 21.0 Å². The summed E-state index contributed by atoms with van der Waals surface area (Å²) in [5.41, 5.74) is 6.18. The number of nitrogens with one attached hydrogen (secondary N) is 1. The SMILES string of the molecule is Nc1nc(/C(=N\OC(c2ccccc2)(c2ccccc2)c2ccccc2)C(=O)NC2C(=O)N3C(C(=O)O)=C(Cl)CCC23)c(Cl)s1. The highest BCUT2D eigenvalue weighted by atomic mass is 35.5. The van der Waals surface area contributed by atoms with Gasteiger partial charge in [0.05, 0.1) is 6.04 Å². The number of halogens is 2. The van der Waals surface area contributed by atoms with Crippen molar-refractivity contribution in [1.29, 1.82) is 0 Å². The van der Waals surface area contributed by atoms with Crippen molar-refractivity contribution in [3.8, 4) is 0 Å². The first-order valence-electron chi connectivity index (χ1n) is 13.8. The largest absolute Gasteiger partial charge is 0.477 e. The summed E-state index contributed by atoms with van der Waals surface area (Å²) in [5.74, 6) is -2.73. The van der Waals surface area contributed by atoms with Gasteiger partial charge in [-0.1, -0.05) is 131 Å². The van der Waals surface area contributed by atoms with Gasteiger partial charge in [0.15, 0.2) is 10.8 Å². The van der Waals surface area contributed by atoms with Crippen molar-refractivity contribution in [2.75, 3.05) is 5.73 Å². The summed E-state index contributed by atoms with van der Waals surface area (Å²) in [6, 6.07) is 26.6. The molecule has 1 fully saturated rings. The van der Waals surface area contributed by atoms with Crippen molar-refractivity contribution in [2.24, 2.45) is 5.16 Å². The van der Waals surface area contributed by atoms with Gasteiger partial charge >= 0.3 is 5.97 Å². The van der Waals surface area contributed by atoms with Crippen LogP contribution in [0.2, 0.25) is 4.34 Å². The number of carbonyl (C=O) groups excluding carboxylic acids is 2. The third kappa shape index (κ3) is 5.43. The number of thiazole rings is 1. The fraction of sp³-hybridized carbons (Fsp3) is 0.156. The Labute approximate surface area is 271 Å². The molecule has 0 bridgehead atoms. The zero-order chi connectivity index (χ0) is 31.7. The van der Waals surface area contributed by atoms with E-state index in [2.05, 4.69) is 15.5 Å². The number of carboxylic acid groups (broad SMARTS) is 1. The number of allylic oxidation sites excluding steroid dienone is 1. The Kier molecular flexibility index (Phi) is 8.32. The Balaban J connectivity index is 1.43. The predicted octanol–water partition coefficient (Wildman–Crippen LogP) is 5.12. The highest BCUT2D eigenvalue weighted by Crippen LogP contribution is 2.41.